The third-order valence-corrected chi connectivity index (χ3v) is 10.4. The predicted molar refractivity (Wildman–Crippen MR) is 228 cm³/mol. The van der Waals surface area contributed by atoms with E-state index in [1.165, 1.54) is 26.0 Å². The van der Waals surface area contributed by atoms with Gasteiger partial charge in [-0.2, -0.15) is 4.39 Å². The van der Waals surface area contributed by atoms with Crippen molar-refractivity contribution in [3.8, 4) is 5.75 Å². The van der Waals surface area contributed by atoms with Crippen LogP contribution in [0.4, 0.5) is 46.1 Å². The van der Waals surface area contributed by atoms with E-state index in [-0.39, 0.29) is 45.2 Å². The average Bonchev–Trinajstić information content (AvgIpc) is 3.54. The Hall–Kier alpha value is -5.02. The Morgan fingerprint density at radius 2 is 1.53 bits per heavy atom. The SMILES string of the molecule is CC(=O)Nc1cc(NCCCCCCCCCCNCCCOc2cc(C(N)=O)c(Nc3ccc(I)cc3F)c(F)c2F)ccc1C(=O)Nc1nc(C)c([N+](=O)[O-])s1. The second-order valence-electron chi connectivity index (χ2n) is 13.3. The number of amides is 3. The van der Waals surface area contributed by atoms with Crippen LogP contribution in [0.5, 0.6) is 5.75 Å². The molecule has 7 N–H and O–H groups in total. The fraction of sp³-hybridized carbons (Fsp3) is 0.385. The lowest BCUT2D eigenvalue weighted by atomic mass is 10.1. The van der Waals surface area contributed by atoms with Gasteiger partial charge in [-0.15, -0.1) is 0 Å². The zero-order valence-electron chi connectivity index (χ0n) is 32.1. The molecule has 19 heteroatoms. The zero-order chi connectivity index (χ0) is 42.2. The van der Waals surface area contributed by atoms with Crippen molar-refractivity contribution in [2.24, 2.45) is 5.73 Å². The number of benzene rings is 3. The molecule has 0 saturated heterocycles. The minimum absolute atomic E-state index is 0.0737. The van der Waals surface area contributed by atoms with Gasteiger partial charge < -0.3 is 31.7 Å². The molecule has 4 aromatic rings. The summed E-state index contributed by atoms with van der Waals surface area (Å²) >= 11 is 2.67. The van der Waals surface area contributed by atoms with Crippen LogP contribution in [0.1, 0.15) is 91.1 Å². The van der Waals surface area contributed by atoms with Crippen molar-refractivity contribution in [3.63, 3.8) is 0 Å². The largest absolute Gasteiger partial charge is 0.490 e. The maximum Gasteiger partial charge on any atom is 0.348 e. The molecular formula is C39H46F3IN8O6S. The standard InChI is InChI=1S/C39H46F3IN8O6S/c1-23-38(51(55)56)58-39(47-23)50-37(54)27-14-13-26(21-31(27)48-24(2)52)46-18-10-8-6-4-3-5-7-9-16-45-17-11-19-57-32-22-28(36(44)53)35(34(42)33(32)41)49-30-15-12-25(43)20-29(30)40/h12-15,20-22,45-46,49H,3-11,16-19H2,1-2H3,(H2,44,53)(H,48,52)(H,47,50,54). The third kappa shape index (κ3) is 13.8. The van der Waals surface area contributed by atoms with Crippen molar-refractivity contribution in [2.75, 3.05) is 47.5 Å². The number of rotatable bonds is 24. The van der Waals surface area contributed by atoms with E-state index in [1.54, 1.807) is 24.3 Å². The number of aryl methyl sites for hydroxylation is 1. The molecule has 1 heterocycles. The van der Waals surface area contributed by atoms with Crippen LogP contribution >= 0.6 is 33.9 Å². The number of aromatic nitrogens is 1. The molecule has 0 saturated carbocycles. The highest BCUT2D eigenvalue weighted by Gasteiger charge is 2.24. The number of carbonyl (C=O) groups is 3. The van der Waals surface area contributed by atoms with Crippen LogP contribution in [-0.2, 0) is 4.79 Å². The first-order valence-electron chi connectivity index (χ1n) is 18.7. The average molecular weight is 939 g/mol. The first kappa shape index (κ1) is 45.7. The van der Waals surface area contributed by atoms with Crippen molar-refractivity contribution >= 4 is 84.5 Å². The highest BCUT2D eigenvalue weighted by Crippen LogP contribution is 2.34. The first-order valence-corrected chi connectivity index (χ1v) is 20.6. The highest BCUT2D eigenvalue weighted by atomic mass is 127. The maximum atomic E-state index is 15.0. The Balaban J connectivity index is 1.05. The summed E-state index contributed by atoms with van der Waals surface area (Å²) in [6.45, 7) is 5.02. The van der Waals surface area contributed by atoms with Gasteiger partial charge >= 0.3 is 5.00 Å². The predicted octanol–water partition coefficient (Wildman–Crippen LogP) is 9.03. The summed E-state index contributed by atoms with van der Waals surface area (Å²) in [6, 6.07) is 10.1. The molecule has 0 spiro atoms. The van der Waals surface area contributed by atoms with Crippen LogP contribution in [-0.4, -0.2) is 53.9 Å². The number of halogens is 4. The van der Waals surface area contributed by atoms with Gasteiger partial charge in [0.1, 0.15) is 11.5 Å². The second kappa shape index (κ2) is 22.8. The van der Waals surface area contributed by atoms with Crippen molar-refractivity contribution in [1.82, 2.24) is 10.3 Å². The fourth-order valence-corrected chi connectivity index (χ4v) is 7.07. The summed E-state index contributed by atoms with van der Waals surface area (Å²) < 4.78 is 50.1. The lowest BCUT2D eigenvalue weighted by Gasteiger charge is -2.16. The normalized spacial score (nSPS) is 10.9. The molecule has 3 aromatic carbocycles. The molecule has 1 aromatic heterocycles. The van der Waals surface area contributed by atoms with E-state index in [0.717, 1.165) is 81.0 Å². The van der Waals surface area contributed by atoms with Crippen molar-refractivity contribution in [2.45, 2.75) is 71.6 Å². The molecule has 4 rings (SSSR count). The number of nitrogens with one attached hydrogen (secondary N) is 5. The number of primary amides is 1. The Labute approximate surface area is 351 Å². The van der Waals surface area contributed by atoms with Crippen molar-refractivity contribution in [3.05, 3.63) is 90.4 Å². The molecule has 0 fully saturated rings. The summed E-state index contributed by atoms with van der Waals surface area (Å²) in [6.07, 6.45) is 9.03. The zero-order valence-corrected chi connectivity index (χ0v) is 35.0. The first-order chi connectivity index (χ1) is 27.7. The van der Waals surface area contributed by atoms with Crippen molar-refractivity contribution < 1.29 is 37.2 Å². The van der Waals surface area contributed by atoms with Gasteiger partial charge in [-0.05, 0) is 116 Å². The Kier molecular flexibility index (Phi) is 18.0. The lowest BCUT2D eigenvalue weighted by molar-refractivity contribution is -0.380. The summed E-state index contributed by atoms with van der Waals surface area (Å²) in [5, 5.41) is 25.4. The van der Waals surface area contributed by atoms with Gasteiger partial charge in [-0.3, -0.25) is 29.8 Å². The molecule has 0 aliphatic rings. The van der Waals surface area contributed by atoms with Crippen LogP contribution in [0, 0.1) is 38.1 Å². The number of anilines is 5. The van der Waals surface area contributed by atoms with Gasteiger partial charge in [-0.1, -0.05) is 38.5 Å². The number of unbranched alkanes of at least 4 members (excludes halogenated alkanes) is 7. The minimum Gasteiger partial charge on any atom is -0.490 e. The smallest absolute Gasteiger partial charge is 0.348 e. The Morgan fingerprint density at radius 1 is 0.862 bits per heavy atom. The van der Waals surface area contributed by atoms with Gasteiger partial charge in [0, 0.05) is 22.7 Å². The van der Waals surface area contributed by atoms with Gasteiger partial charge in [0.2, 0.25) is 11.7 Å². The molecule has 0 unspecified atom stereocenters. The van der Waals surface area contributed by atoms with Crippen LogP contribution in [0.15, 0.2) is 42.5 Å². The number of nitrogens with two attached hydrogens (primary N) is 1. The summed E-state index contributed by atoms with van der Waals surface area (Å²) in [5.41, 5.74) is 5.78. The molecular weight excluding hydrogens is 892 g/mol. The molecule has 3 amide bonds. The van der Waals surface area contributed by atoms with E-state index in [9.17, 15) is 37.7 Å². The Bertz CT molecular complexity index is 2090. The Morgan fingerprint density at radius 3 is 2.17 bits per heavy atom. The van der Waals surface area contributed by atoms with E-state index < -0.39 is 45.6 Å². The molecule has 312 valence electrons. The molecule has 0 radical (unpaired) electrons. The fourth-order valence-electron chi connectivity index (χ4n) is 5.84. The number of hydrogen-bond acceptors (Lipinski definition) is 11. The van der Waals surface area contributed by atoms with E-state index in [1.807, 2.05) is 22.6 Å². The molecule has 14 nitrogen and oxygen atoms in total. The van der Waals surface area contributed by atoms with Gasteiger partial charge in [-0.25, -0.2) is 13.8 Å². The number of carbonyl (C=O) groups excluding carboxylic acids is 3. The van der Waals surface area contributed by atoms with Crippen LogP contribution in [0.25, 0.3) is 0 Å². The quantitative estimate of drug-likeness (QED) is 0.0170. The number of hydrogen-bond donors (Lipinski definition) is 6. The maximum absolute atomic E-state index is 15.0. The summed E-state index contributed by atoms with van der Waals surface area (Å²) in [5.74, 6) is -5.79. The molecule has 0 aliphatic heterocycles. The summed E-state index contributed by atoms with van der Waals surface area (Å²) in [7, 11) is 0. The topological polar surface area (TPSA) is 203 Å². The number of ether oxygens (including phenoxy) is 1. The van der Waals surface area contributed by atoms with E-state index in [0.29, 0.717) is 28.8 Å². The van der Waals surface area contributed by atoms with E-state index in [2.05, 4.69) is 31.6 Å². The molecule has 58 heavy (non-hydrogen) atoms. The molecule has 0 bridgehead atoms. The summed E-state index contributed by atoms with van der Waals surface area (Å²) in [4.78, 5) is 51.4. The van der Waals surface area contributed by atoms with Gasteiger partial charge in [0.15, 0.2) is 16.7 Å². The third-order valence-electron chi connectivity index (χ3n) is 8.73. The highest BCUT2D eigenvalue weighted by molar-refractivity contribution is 14.1. The molecule has 0 atom stereocenters. The minimum atomic E-state index is -1.40. The van der Waals surface area contributed by atoms with Crippen LogP contribution in [0.3, 0.4) is 0 Å². The van der Waals surface area contributed by atoms with Crippen molar-refractivity contribution in [1.29, 1.82) is 0 Å². The second-order valence-corrected chi connectivity index (χ2v) is 15.5. The number of nitro groups is 1. The van der Waals surface area contributed by atoms with Gasteiger partial charge in [0.05, 0.1) is 39.7 Å². The van der Waals surface area contributed by atoms with E-state index in [4.69, 9.17) is 10.5 Å². The van der Waals surface area contributed by atoms with E-state index >= 15 is 0 Å². The lowest BCUT2D eigenvalue weighted by Crippen LogP contribution is -2.19. The molecule has 0 aliphatic carbocycles. The number of nitrogens with zero attached hydrogens (tertiary/aromatic N) is 2. The van der Waals surface area contributed by atoms with Gasteiger partial charge in [0.25, 0.3) is 11.8 Å². The monoisotopic (exact) mass is 938 g/mol. The van der Waals surface area contributed by atoms with Crippen LogP contribution < -0.4 is 37.1 Å². The number of thiazole rings is 1. The van der Waals surface area contributed by atoms with Crippen LogP contribution in [0.2, 0.25) is 0 Å².